The first-order valence-corrected chi connectivity index (χ1v) is 25.6. The first kappa shape index (κ1) is 57.8. The summed E-state index contributed by atoms with van der Waals surface area (Å²) in [4.78, 5) is 32.4. The maximum absolute atomic E-state index is 14.5. The lowest BCUT2D eigenvalue weighted by Gasteiger charge is -2.49. The monoisotopic (exact) mass is 1020 g/mol. The number of aromatic nitrogens is 3. The van der Waals surface area contributed by atoms with Gasteiger partial charge in [0.25, 0.3) is 0 Å². The summed E-state index contributed by atoms with van der Waals surface area (Å²) in [5.74, 6) is -3.33. The molecule has 4 aliphatic heterocycles. The molecule has 4 aliphatic rings. The molecule has 1 aromatic heterocycles. The number of benzene rings is 1. The van der Waals surface area contributed by atoms with E-state index in [1.54, 1.807) is 65.4 Å². The minimum atomic E-state index is -1.85. The number of hydrogen-bond acceptors (Lipinski definition) is 18. The molecule has 2 aromatic rings. The summed E-state index contributed by atoms with van der Waals surface area (Å²) in [6, 6.07) is 4.70. The van der Waals surface area contributed by atoms with E-state index in [-0.39, 0.29) is 38.3 Å². The number of aliphatic hydroxyl groups excluding tert-OH is 3. The summed E-state index contributed by atoms with van der Waals surface area (Å²) in [6.07, 6.45) is -8.28. The van der Waals surface area contributed by atoms with Crippen molar-refractivity contribution in [2.75, 3.05) is 45.7 Å². The van der Waals surface area contributed by atoms with Crippen LogP contribution in [0.25, 0.3) is 0 Å². The van der Waals surface area contributed by atoms with Gasteiger partial charge in [0, 0.05) is 57.2 Å². The highest BCUT2D eigenvalue weighted by Crippen LogP contribution is 2.40. The number of rotatable bonds is 13. The van der Waals surface area contributed by atoms with E-state index in [0.29, 0.717) is 37.3 Å². The quantitative estimate of drug-likeness (QED) is 0.181. The van der Waals surface area contributed by atoms with E-state index in [1.807, 2.05) is 37.7 Å². The molecule has 0 saturated carbocycles. The zero-order chi connectivity index (χ0) is 53.2. The van der Waals surface area contributed by atoms with Crippen LogP contribution in [0.3, 0.4) is 0 Å². The molecule has 0 radical (unpaired) electrons. The smallest absolute Gasteiger partial charge is 0.414 e. The number of halogens is 1. The standard InChI is InChI=1S/C51H83FN6O14/c1-14-39-51(10,65)43(60)32(6)56(12)24-28(2)22-49(8,64)45(30(4)42(31(5)46(62)70-39)71-40-23-50(9,66-13)44(61)33(7)68-40)72-47-41(59)38(20-29(3)67-47)55(11)19-18-35-25-57(54-53-35)26-37-27-58(48(63)69-37)36-17-15-16-34(52)21-36/h15-17,21,25,28-33,37-45,47,59-61,64-65H,14,18-20,22-24,26-27H2,1-13H3/t28-,29-,30+,31-,32-,33+,37+,38+,39-,40+,41-,42+,43-,44+,45-,47+,49-,50-,51-/m1/s1. The normalized spacial score (nSPS) is 41.2. The van der Waals surface area contributed by atoms with Crippen molar-refractivity contribution < 1.29 is 72.7 Å². The van der Waals surface area contributed by atoms with Gasteiger partial charge in [-0.05, 0) is 106 Å². The predicted octanol–water partition coefficient (Wildman–Crippen LogP) is 3.27. The average Bonchev–Trinajstić information content (AvgIpc) is 3.93. The van der Waals surface area contributed by atoms with Crippen LogP contribution >= 0.6 is 0 Å². The van der Waals surface area contributed by atoms with Crippen molar-refractivity contribution in [1.82, 2.24) is 24.8 Å². The SMILES string of the molecule is CC[C@H]1OC(=O)[C@H](C)[C@@H](O[C@H]2C[C@@](C)(OC)[C@@H](O)[C@H](C)O2)[C@H](C)[C@@H](O[C@@H]2O[C@H](C)C[C@H](N(C)CCc3cn(C[C@H]4CN(c5cccc(F)c5)C(=O)O4)nn3)[C@H]2O)[C@](C)(O)C[C@@H](C)CN(C)[C@H](C)[C@@H](O)[C@]1(C)O. The van der Waals surface area contributed by atoms with Gasteiger partial charge in [0.15, 0.2) is 12.6 Å². The van der Waals surface area contributed by atoms with Crippen LogP contribution in [-0.4, -0.2) is 200 Å². The van der Waals surface area contributed by atoms with Gasteiger partial charge >= 0.3 is 12.1 Å². The number of aliphatic hydroxyl groups is 5. The molecule has 0 unspecified atom stereocenters. The Balaban J connectivity index is 1.24. The zero-order valence-corrected chi connectivity index (χ0v) is 44.5. The molecule has 1 aromatic carbocycles. The van der Waals surface area contributed by atoms with Gasteiger partial charge in [-0.3, -0.25) is 9.69 Å². The number of ether oxygens (including phenoxy) is 7. The highest BCUT2D eigenvalue weighted by molar-refractivity contribution is 5.89. The topological polar surface area (TPSA) is 240 Å². The number of methoxy groups -OCH3 is 1. The fourth-order valence-electron chi connectivity index (χ4n) is 11.3. The van der Waals surface area contributed by atoms with Gasteiger partial charge < -0.3 is 68.5 Å². The van der Waals surface area contributed by atoms with Gasteiger partial charge in [-0.15, -0.1) is 5.10 Å². The molecule has 20 nitrogen and oxygen atoms in total. The maximum atomic E-state index is 14.5. The number of esters is 1. The van der Waals surface area contributed by atoms with Crippen LogP contribution in [0.2, 0.25) is 0 Å². The van der Waals surface area contributed by atoms with Crippen LogP contribution in [0.15, 0.2) is 30.5 Å². The third-order valence-corrected chi connectivity index (χ3v) is 15.8. The fraction of sp³-hybridized carbons (Fsp3) is 0.804. The van der Waals surface area contributed by atoms with Crippen molar-refractivity contribution in [3.8, 4) is 0 Å². The maximum Gasteiger partial charge on any atom is 0.414 e. The van der Waals surface area contributed by atoms with Crippen molar-refractivity contribution in [2.24, 2.45) is 17.8 Å². The third kappa shape index (κ3) is 13.1. The molecule has 4 saturated heterocycles. The molecular weight excluding hydrogens is 940 g/mol. The van der Waals surface area contributed by atoms with Crippen LogP contribution in [-0.2, 0) is 50.9 Å². The molecule has 6 rings (SSSR count). The number of carbonyl (C=O) groups is 2. The minimum absolute atomic E-state index is 0.0840. The molecule has 0 bridgehead atoms. The van der Waals surface area contributed by atoms with Crippen molar-refractivity contribution in [3.63, 3.8) is 0 Å². The Morgan fingerprint density at radius 1 is 0.958 bits per heavy atom. The molecule has 5 N–H and O–H groups in total. The Bertz CT molecular complexity index is 2100. The Morgan fingerprint density at radius 2 is 1.67 bits per heavy atom. The van der Waals surface area contributed by atoms with Crippen molar-refractivity contribution >= 4 is 17.7 Å². The molecule has 5 heterocycles. The van der Waals surface area contributed by atoms with E-state index in [0.717, 1.165) is 0 Å². The second kappa shape index (κ2) is 23.6. The number of cyclic esters (lactones) is 2. The number of nitrogens with zero attached hydrogens (tertiary/aromatic N) is 6. The molecule has 408 valence electrons. The van der Waals surface area contributed by atoms with E-state index >= 15 is 0 Å². The largest absolute Gasteiger partial charge is 0.459 e. The molecule has 4 fully saturated rings. The van der Waals surface area contributed by atoms with Crippen LogP contribution in [0, 0.1) is 23.6 Å². The molecule has 19 atom stereocenters. The second-order valence-corrected chi connectivity index (χ2v) is 22.0. The van der Waals surface area contributed by atoms with Gasteiger partial charge in [0.05, 0.1) is 66.0 Å². The lowest BCUT2D eigenvalue weighted by atomic mass is 9.77. The molecule has 72 heavy (non-hydrogen) atoms. The molecule has 0 aliphatic carbocycles. The van der Waals surface area contributed by atoms with Crippen LogP contribution in [0.5, 0.6) is 0 Å². The van der Waals surface area contributed by atoms with Crippen LogP contribution in [0.1, 0.15) is 101 Å². The minimum Gasteiger partial charge on any atom is -0.459 e. The highest BCUT2D eigenvalue weighted by Gasteiger charge is 2.53. The number of anilines is 1. The Morgan fingerprint density at radius 3 is 2.33 bits per heavy atom. The number of likely N-dealkylation sites (N-methyl/N-ethyl adjacent to an activating group) is 2. The molecule has 1 amide bonds. The summed E-state index contributed by atoms with van der Waals surface area (Å²) in [7, 11) is 5.20. The van der Waals surface area contributed by atoms with Gasteiger partial charge in [-0.25, -0.2) is 13.9 Å². The Kier molecular flexibility index (Phi) is 19.0. The van der Waals surface area contributed by atoms with Gasteiger partial charge in [0.1, 0.15) is 41.9 Å². The second-order valence-electron chi connectivity index (χ2n) is 22.0. The highest BCUT2D eigenvalue weighted by atomic mass is 19.1. The van der Waals surface area contributed by atoms with Crippen LogP contribution in [0.4, 0.5) is 14.9 Å². The molecule has 21 heteroatoms. The van der Waals surface area contributed by atoms with Crippen molar-refractivity contribution in [2.45, 2.75) is 204 Å². The summed E-state index contributed by atoms with van der Waals surface area (Å²) < 4.78 is 59.2. The van der Waals surface area contributed by atoms with E-state index < -0.39 is 126 Å². The van der Waals surface area contributed by atoms with Crippen molar-refractivity contribution in [1.29, 1.82) is 0 Å². The summed E-state index contributed by atoms with van der Waals surface area (Å²) >= 11 is 0. The van der Waals surface area contributed by atoms with E-state index in [4.69, 9.17) is 33.2 Å². The van der Waals surface area contributed by atoms with Gasteiger partial charge in [0.2, 0.25) is 0 Å². The number of carbonyl (C=O) groups excluding carboxylic acids is 2. The summed E-state index contributed by atoms with van der Waals surface area (Å²) in [5.41, 5.74) is -3.51. The van der Waals surface area contributed by atoms with Crippen molar-refractivity contribution in [3.05, 3.63) is 42.0 Å². The van der Waals surface area contributed by atoms with Gasteiger partial charge in [-0.1, -0.05) is 32.1 Å². The predicted molar refractivity (Wildman–Crippen MR) is 261 cm³/mol. The van der Waals surface area contributed by atoms with E-state index in [2.05, 4.69) is 10.3 Å². The first-order chi connectivity index (χ1) is 33.7. The number of hydrogen-bond donors (Lipinski definition) is 5. The third-order valence-electron chi connectivity index (χ3n) is 15.8. The lowest BCUT2D eigenvalue weighted by Crippen LogP contribution is -2.61. The van der Waals surface area contributed by atoms with E-state index in [9.17, 15) is 39.5 Å². The zero-order valence-electron chi connectivity index (χ0n) is 44.5. The van der Waals surface area contributed by atoms with Gasteiger partial charge in [-0.2, -0.15) is 0 Å². The Hall–Kier alpha value is -3.45. The average molecular weight is 1020 g/mol. The van der Waals surface area contributed by atoms with E-state index in [1.165, 1.54) is 37.1 Å². The summed E-state index contributed by atoms with van der Waals surface area (Å²) in [5, 5.41) is 68.3. The fourth-order valence-corrected chi connectivity index (χ4v) is 11.3. The molecule has 0 spiro atoms. The first-order valence-electron chi connectivity index (χ1n) is 25.6. The summed E-state index contributed by atoms with van der Waals surface area (Å²) in [6.45, 7) is 18.7. The number of amides is 1. The Labute approximate surface area is 423 Å². The lowest BCUT2D eigenvalue weighted by molar-refractivity contribution is -0.318. The van der Waals surface area contributed by atoms with Crippen LogP contribution < -0.4 is 4.90 Å². The molecular formula is C51H83FN6O14.